The number of nitrogens with zero attached hydrogens (tertiary/aromatic N) is 1. The standard InChI is InChI=1S/C16H16F3N3O2/c1-22(2)8-9-3-5-10(6-4-9)11-7-12(14(20)23)15(24)21-13(11)16(17,18)19/h3-7H,8H2,1-2H3,(H2,20,23)(H,21,24). The van der Waals surface area contributed by atoms with Crippen LogP contribution >= 0.6 is 0 Å². The number of benzene rings is 1. The predicted molar refractivity (Wildman–Crippen MR) is 83.4 cm³/mol. The smallest absolute Gasteiger partial charge is 0.365 e. The second kappa shape index (κ2) is 6.48. The van der Waals surface area contributed by atoms with Crippen LogP contribution in [0.25, 0.3) is 11.1 Å². The number of primary amides is 1. The maximum Gasteiger partial charge on any atom is 0.431 e. The highest BCUT2D eigenvalue weighted by Crippen LogP contribution is 2.35. The van der Waals surface area contributed by atoms with Gasteiger partial charge in [-0.15, -0.1) is 0 Å². The second-order valence-electron chi connectivity index (χ2n) is 5.60. The number of rotatable bonds is 4. The summed E-state index contributed by atoms with van der Waals surface area (Å²) < 4.78 is 39.6. The minimum atomic E-state index is -4.77. The summed E-state index contributed by atoms with van der Waals surface area (Å²) in [6.45, 7) is 0.630. The van der Waals surface area contributed by atoms with Gasteiger partial charge >= 0.3 is 6.18 Å². The van der Waals surface area contributed by atoms with Crippen molar-refractivity contribution < 1.29 is 18.0 Å². The van der Waals surface area contributed by atoms with Crippen LogP contribution < -0.4 is 11.3 Å². The summed E-state index contributed by atoms with van der Waals surface area (Å²) in [4.78, 5) is 26.5. The Bertz CT molecular complexity index is 809. The van der Waals surface area contributed by atoms with Crippen LogP contribution in [0.5, 0.6) is 0 Å². The molecule has 0 saturated heterocycles. The predicted octanol–water partition coefficient (Wildman–Crippen LogP) is 2.22. The van der Waals surface area contributed by atoms with Gasteiger partial charge in [0.15, 0.2) is 0 Å². The van der Waals surface area contributed by atoms with Crippen molar-refractivity contribution in [1.82, 2.24) is 9.88 Å². The number of halogens is 3. The first-order valence-electron chi connectivity index (χ1n) is 6.98. The molecule has 0 saturated carbocycles. The fourth-order valence-corrected chi connectivity index (χ4v) is 2.32. The van der Waals surface area contributed by atoms with Crippen LogP contribution in [0.2, 0.25) is 0 Å². The van der Waals surface area contributed by atoms with Crippen molar-refractivity contribution in [3.05, 3.63) is 57.5 Å². The molecule has 0 spiro atoms. The molecule has 0 atom stereocenters. The van der Waals surface area contributed by atoms with Crippen molar-refractivity contribution in [3.63, 3.8) is 0 Å². The summed E-state index contributed by atoms with van der Waals surface area (Å²) in [6.07, 6.45) is -4.77. The molecule has 0 aliphatic carbocycles. The van der Waals surface area contributed by atoms with E-state index in [2.05, 4.69) is 0 Å². The van der Waals surface area contributed by atoms with Gasteiger partial charge in [-0.3, -0.25) is 9.59 Å². The van der Waals surface area contributed by atoms with Gasteiger partial charge in [0, 0.05) is 12.1 Å². The molecule has 0 bridgehead atoms. The number of aromatic nitrogens is 1. The van der Waals surface area contributed by atoms with E-state index >= 15 is 0 Å². The summed E-state index contributed by atoms with van der Waals surface area (Å²) in [5.74, 6) is -1.09. The number of alkyl halides is 3. The molecule has 2 aromatic rings. The molecule has 24 heavy (non-hydrogen) atoms. The van der Waals surface area contributed by atoms with E-state index in [1.165, 1.54) is 12.1 Å². The Morgan fingerprint density at radius 3 is 2.25 bits per heavy atom. The van der Waals surface area contributed by atoms with E-state index in [0.717, 1.165) is 11.6 Å². The van der Waals surface area contributed by atoms with Gasteiger partial charge in [-0.25, -0.2) is 0 Å². The highest BCUT2D eigenvalue weighted by Gasteiger charge is 2.36. The molecule has 1 amide bonds. The molecule has 0 radical (unpaired) electrons. The van der Waals surface area contributed by atoms with Crippen molar-refractivity contribution >= 4 is 5.91 Å². The van der Waals surface area contributed by atoms with E-state index in [9.17, 15) is 22.8 Å². The molecular formula is C16H16F3N3O2. The number of nitrogens with two attached hydrogens (primary N) is 1. The first-order valence-corrected chi connectivity index (χ1v) is 6.98. The number of nitrogens with one attached hydrogen (secondary N) is 1. The fourth-order valence-electron chi connectivity index (χ4n) is 2.32. The fraction of sp³-hybridized carbons (Fsp3) is 0.250. The molecule has 2 rings (SSSR count). The molecule has 5 nitrogen and oxygen atoms in total. The Balaban J connectivity index is 2.61. The Hall–Kier alpha value is -2.61. The molecular weight excluding hydrogens is 323 g/mol. The van der Waals surface area contributed by atoms with Gasteiger partial charge in [0.2, 0.25) is 0 Å². The van der Waals surface area contributed by atoms with E-state index in [1.807, 2.05) is 19.0 Å². The number of amides is 1. The van der Waals surface area contributed by atoms with Crippen molar-refractivity contribution in [2.45, 2.75) is 12.7 Å². The van der Waals surface area contributed by atoms with Gasteiger partial charge in [-0.1, -0.05) is 24.3 Å². The largest absolute Gasteiger partial charge is 0.431 e. The Kier molecular flexibility index (Phi) is 4.79. The molecule has 1 aromatic carbocycles. The molecule has 3 N–H and O–H groups in total. The van der Waals surface area contributed by atoms with Crippen molar-refractivity contribution in [2.75, 3.05) is 14.1 Å². The molecule has 1 heterocycles. The molecule has 0 aliphatic heterocycles. The van der Waals surface area contributed by atoms with Crippen LogP contribution in [-0.4, -0.2) is 29.9 Å². The Morgan fingerprint density at radius 2 is 1.79 bits per heavy atom. The van der Waals surface area contributed by atoms with Crippen LogP contribution in [0.4, 0.5) is 13.2 Å². The summed E-state index contributed by atoms with van der Waals surface area (Å²) in [6, 6.07) is 7.26. The maximum absolute atomic E-state index is 13.2. The quantitative estimate of drug-likeness (QED) is 0.896. The van der Waals surface area contributed by atoms with Gasteiger partial charge in [-0.05, 0) is 31.3 Å². The number of hydrogen-bond acceptors (Lipinski definition) is 3. The van der Waals surface area contributed by atoms with E-state index in [-0.39, 0.29) is 11.1 Å². The zero-order valence-corrected chi connectivity index (χ0v) is 13.1. The van der Waals surface area contributed by atoms with Crippen LogP contribution in [0.1, 0.15) is 21.6 Å². The summed E-state index contributed by atoms with van der Waals surface area (Å²) in [7, 11) is 3.74. The number of carbonyl (C=O) groups excluding carboxylic acids is 1. The topological polar surface area (TPSA) is 79.2 Å². The lowest BCUT2D eigenvalue weighted by Gasteiger charge is -2.14. The van der Waals surface area contributed by atoms with E-state index in [1.54, 1.807) is 17.1 Å². The van der Waals surface area contributed by atoms with Crippen LogP contribution in [0, 0.1) is 0 Å². The average Bonchev–Trinajstić information content (AvgIpc) is 2.46. The van der Waals surface area contributed by atoms with E-state index in [4.69, 9.17) is 5.73 Å². The summed E-state index contributed by atoms with van der Waals surface area (Å²) in [5, 5.41) is 0. The Labute approximate surface area is 135 Å². The third kappa shape index (κ3) is 3.83. The average molecular weight is 339 g/mol. The highest BCUT2D eigenvalue weighted by atomic mass is 19.4. The Morgan fingerprint density at radius 1 is 1.21 bits per heavy atom. The number of aromatic amines is 1. The van der Waals surface area contributed by atoms with Gasteiger partial charge in [-0.2, -0.15) is 13.2 Å². The zero-order chi connectivity index (χ0) is 18.1. The third-order valence-electron chi connectivity index (χ3n) is 3.35. The van der Waals surface area contributed by atoms with Crippen LogP contribution in [-0.2, 0) is 12.7 Å². The molecule has 0 unspecified atom stereocenters. The van der Waals surface area contributed by atoms with E-state index < -0.39 is 28.9 Å². The number of H-pyrrole nitrogens is 1. The molecule has 0 fully saturated rings. The lowest BCUT2D eigenvalue weighted by Crippen LogP contribution is -2.27. The molecule has 0 aliphatic rings. The van der Waals surface area contributed by atoms with Gasteiger partial charge in [0.1, 0.15) is 11.3 Å². The van der Waals surface area contributed by atoms with Crippen molar-refractivity contribution in [3.8, 4) is 11.1 Å². The highest BCUT2D eigenvalue weighted by molar-refractivity contribution is 5.93. The zero-order valence-electron chi connectivity index (χ0n) is 13.1. The minimum Gasteiger partial charge on any atom is -0.365 e. The first kappa shape index (κ1) is 17.7. The lowest BCUT2D eigenvalue weighted by atomic mass is 10.00. The van der Waals surface area contributed by atoms with Gasteiger partial charge in [0.05, 0.1) is 0 Å². The molecule has 8 heteroatoms. The first-order chi connectivity index (χ1) is 11.1. The number of carbonyl (C=O) groups is 1. The van der Waals surface area contributed by atoms with Crippen LogP contribution in [0.15, 0.2) is 35.1 Å². The monoisotopic (exact) mass is 339 g/mol. The molecule has 1 aromatic heterocycles. The SMILES string of the molecule is CN(C)Cc1ccc(-c2cc(C(N)=O)c(=O)[nH]c2C(F)(F)F)cc1. The third-order valence-corrected chi connectivity index (χ3v) is 3.35. The van der Waals surface area contributed by atoms with E-state index in [0.29, 0.717) is 6.54 Å². The summed E-state index contributed by atoms with van der Waals surface area (Å²) in [5.41, 5.74) is 3.00. The van der Waals surface area contributed by atoms with Crippen molar-refractivity contribution in [1.29, 1.82) is 0 Å². The van der Waals surface area contributed by atoms with Crippen LogP contribution in [0.3, 0.4) is 0 Å². The van der Waals surface area contributed by atoms with Gasteiger partial charge in [0.25, 0.3) is 11.5 Å². The maximum atomic E-state index is 13.2. The normalized spacial score (nSPS) is 11.8. The van der Waals surface area contributed by atoms with Crippen molar-refractivity contribution in [2.24, 2.45) is 5.73 Å². The number of pyridine rings is 1. The summed E-state index contributed by atoms with van der Waals surface area (Å²) >= 11 is 0. The number of hydrogen-bond donors (Lipinski definition) is 2. The molecule has 128 valence electrons. The minimum absolute atomic E-state index is 0.226. The second-order valence-corrected chi connectivity index (χ2v) is 5.60. The van der Waals surface area contributed by atoms with Gasteiger partial charge < -0.3 is 15.6 Å². The lowest BCUT2D eigenvalue weighted by molar-refractivity contribution is -0.140.